The molecule has 0 aliphatic carbocycles. The number of anilines is 1. The highest BCUT2D eigenvalue weighted by molar-refractivity contribution is 6.33. The zero-order chi connectivity index (χ0) is 22.1. The smallest absolute Gasteiger partial charge is 0.298 e. The Morgan fingerprint density at radius 2 is 1.97 bits per heavy atom. The van der Waals surface area contributed by atoms with Crippen molar-refractivity contribution in [2.24, 2.45) is 12.1 Å². The lowest BCUT2D eigenvalue weighted by atomic mass is 10.1. The van der Waals surface area contributed by atoms with Crippen molar-refractivity contribution in [3.63, 3.8) is 0 Å². The van der Waals surface area contributed by atoms with Gasteiger partial charge in [0.15, 0.2) is 11.2 Å². The van der Waals surface area contributed by atoms with Gasteiger partial charge in [-0.1, -0.05) is 47.5 Å². The van der Waals surface area contributed by atoms with Gasteiger partial charge in [0.25, 0.3) is 5.56 Å². The van der Waals surface area contributed by atoms with Crippen molar-refractivity contribution in [2.45, 2.75) is 13.5 Å². The highest BCUT2D eigenvalue weighted by atomic mass is 35.5. The van der Waals surface area contributed by atoms with Crippen LogP contribution < -0.4 is 16.7 Å². The van der Waals surface area contributed by atoms with Gasteiger partial charge in [-0.3, -0.25) is 18.9 Å². The summed E-state index contributed by atoms with van der Waals surface area (Å²) in [5.74, 6) is -0.309. The van der Waals surface area contributed by atoms with E-state index in [0.29, 0.717) is 6.54 Å². The molecule has 0 unspecified atom stereocenters. The van der Waals surface area contributed by atoms with Crippen molar-refractivity contribution in [3.05, 3.63) is 90.8 Å². The van der Waals surface area contributed by atoms with E-state index in [1.165, 1.54) is 30.0 Å². The van der Waals surface area contributed by atoms with Gasteiger partial charge in [0.05, 0.1) is 17.8 Å². The van der Waals surface area contributed by atoms with Gasteiger partial charge in [0, 0.05) is 12.6 Å². The van der Waals surface area contributed by atoms with Crippen LogP contribution in [0.5, 0.6) is 0 Å². The number of aromatic nitrogens is 4. The molecule has 2 aromatic heterocycles. The predicted octanol–water partition coefficient (Wildman–Crippen LogP) is 3.02. The van der Waals surface area contributed by atoms with E-state index in [0.717, 1.165) is 11.1 Å². The molecule has 2 aromatic carbocycles. The van der Waals surface area contributed by atoms with Crippen molar-refractivity contribution in [1.29, 1.82) is 0 Å². The third-order valence-corrected chi connectivity index (χ3v) is 5.16. The molecule has 0 fully saturated rings. The Labute approximate surface area is 180 Å². The Hall–Kier alpha value is -3.72. The molecule has 4 rings (SSSR count). The number of hydrogen-bond donors (Lipinski definition) is 2. The van der Waals surface area contributed by atoms with Crippen molar-refractivity contribution < 1.29 is 4.39 Å². The summed E-state index contributed by atoms with van der Waals surface area (Å²) in [4.78, 5) is 31.2. The number of hydrazone groups is 1. The van der Waals surface area contributed by atoms with Gasteiger partial charge in [-0.15, -0.1) is 0 Å². The summed E-state index contributed by atoms with van der Waals surface area (Å²) >= 11 is 6.02. The highest BCUT2D eigenvalue weighted by Gasteiger charge is 2.17. The summed E-state index contributed by atoms with van der Waals surface area (Å²) in [7, 11) is 1.51. The maximum atomic E-state index is 14.0. The topological polar surface area (TPSA) is 97.1 Å². The highest BCUT2D eigenvalue weighted by Crippen LogP contribution is 2.19. The van der Waals surface area contributed by atoms with Gasteiger partial charge in [0.2, 0.25) is 5.95 Å². The molecule has 0 bridgehead atoms. The number of halogens is 2. The molecular formula is C21H18ClFN6O2. The molecule has 0 spiro atoms. The molecule has 2 heterocycles. The van der Waals surface area contributed by atoms with Crippen molar-refractivity contribution in [2.75, 3.05) is 5.43 Å². The number of benzene rings is 2. The third-order valence-electron chi connectivity index (χ3n) is 4.83. The number of nitrogens with zero attached hydrogens (tertiary/aromatic N) is 4. The fourth-order valence-electron chi connectivity index (χ4n) is 3.14. The first-order chi connectivity index (χ1) is 14.8. The van der Waals surface area contributed by atoms with Crippen molar-refractivity contribution >= 4 is 34.9 Å². The Balaban J connectivity index is 1.80. The second kappa shape index (κ2) is 8.19. The minimum Gasteiger partial charge on any atom is -0.298 e. The van der Waals surface area contributed by atoms with Gasteiger partial charge in [-0.2, -0.15) is 10.1 Å². The van der Waals surface area contributed by atoms with Crippen LogP contribution in [0.2, 0.25) is 5.02 Å². The number of aryl methyl sites for hydroxylation is 2. The number of aromatic amines is 1. The Kier molecular flexibility index (Phi) is 5.43. The predicted molar refractivity (Wildman–Crippen MR) is 119 cm³/mol. The lowest BCUT2D eigenvalue weighted by molar-refractivity contribution is 0.626. The molecule has 0 aliphatic rings. The molecular weight excluding hydrogens is 423 g/mol. The molecule has 0 aliphatic heterocycles. The van der Waals surface area contributed by atoms with Gasteiger partial charge in [0.1, 0.15) is 5.82 Å². The monoisotopic (exact) mass is 440 g/mol. The molecule has 10 heteroatoms. The van der Waals surface area contributed by atoms with E-state index in [9.17, 15) is 14.0 Å². The van der Waals surface area contributed by atoms with Crippen LogP contribution in [0.4, 0.5) is 10.3 Å². The number of H-pyrrole nitrogens is 1. The molecule has 8 nitrogen and oxygen atoms in total. The molecule has 158 valence electrons. The van der Waals surface area contributed by atoms with E-state index < -0.39 is 17.1 Å². The Bertz CT molecular complexity index is 1400. The van der Waals surface area contributed by atoms with Gasteiger partial charge in [-0.05, 0) is 24.6 Å². The molecule has 2 N–H and O–H groups in total. The lowest BCUT2D eigenvalue weighted by Gasteiger charge is -2.09. The van der Waals surface area contributed by atoms with Gasteiger partial charge in [-0.25, -0.2) is 14.6 Å². The molecule has 4 aromatic rings. The van der Waals surface area contributed by atoms with Gasteiger partial charge < -0.3 is 0 Å². The zero-order valence-electron chi connectivity index (χ0n) is 16.7. The number of fused-ring (bicyclic) bond motifs is 1. The first-order valence-electron chi connectivity index (χ1n) is 9.33. The summed E-state index contributed by atoms with van der Waals surface area (Å²) in [5.41, 5.74) is 4.14. The average Bonchev–Trinajstić information content (AvgIpc) is 3.09. The normalized spacial score (nSPS) is 11.5. The molecule has 0 amide bonds. The lowest BCUT2D eigenvalue weighted by Crippen LogP contribution is -2.29. The van der Waals surface area contributed by atoms with Crippen LogP contribution in [0.1, 0.15) is 16.7 Å². The summed E-state index contributed by atoms with van der Waals surface area (Å²) in [6, 6.07) is 12.1. The van der Waals surface area contributed by atoms with Crippen molar-refractivity contribution in [1.82, 2.24) is 19.1 Å². The van der Waals surface area contributed by atoms with Crippen LogP contribution in [0.15, 0.2) is 57.2 Å². The molecule has 0 atom stereocenters. The molecule has 31 heavy (non-hydrogen) atoms. The number of rotatable bonds is 5. The van der Waals surface area contributed by atoms with Gasteiger partial charge >= 0.3 is 5.69 Å². The SMILES string of the molecule is Cc1ccc(Cn2c(NN=Cc3c(F)cccc3Cl)nc3c2c(=O)[nH]c(=O)n3C)cc1. The molecule has 0 radical (unpaired) electrons. The summed E-state index contributed by atoms with van der Waals surface area (Å²) in [6.07, 6.45) is 1.23. The first kappa shape index (κ1) is 20.5. The maximum Gasteiger partial charge on any atom is 0.329 e. The van der Waals surface area contributed by atoms with E-state index in [2.05, 4.69) is 20.5 Å². The van der Waals surface area contributed by atoms with Crippen LogP contribution in [-0.4, -0.2) is 25.3 Å². The van der Waals surface area contributed by atoms with E-state index in [1.807, 2.05) is 31.2 Å². The minimum atomic E-state index is -0.578. The fourth-order valence-corrected chi connectivity index (χ4v) is 3.35. The Morgan fingerprint density at radius 1 is 1.23 bits per heavy atom. The number of imidazole rings is 1. The minimum absolute atomic E-state index is 0.114. The summed E-state index contributed by atoms with van der Waals surface area (Å²) in [5, 5.41) is 4.25. The van der Waals surface area contributed by atoms with Crippen LogP contribution in [0, 0.1) is 12.7 Å². The largest absolute Gasteiger partial charge is 0.329 e. The van der Waals surface area contributed by atoms with Crippen LogP contribution in [0.3, 0.4) is 0 Å². The third kappa shape index (κ3) is 3.99. The average molecular weight is 441 g/mol. The molecule has 0 saturated carbocycles. The summed E-state index contributed by atoms with van der Waals surface area (Å²) < 4.78 is 16.8. The molecule has 0 saturated heterocycles. The second-order valence-corrected chi connectivity index (χ2v) is 7.41. The van der Waals surface area contributed by atoms with E-state index in [1.54, 1.807) is 10.6 Å². The van der Waals surface area contributed by atoms with Crippen LogP contribution >= 0.6 is 11.6 Å². The van der Waals surface area contributed by atoms with Crippen LogP contribution in [-0.2, 0) is 13.6 Å². The maximum absolute atomic E-state index is 14.0. The zero-order valence-corrected chi connectivity index (χ0v) is 17.4. The quantitative estimate of drug-likeness (QED) is 0.368. The number of hydrogen-bond acceptors (Lipinski definition) is 5. The number of nitrogens with one attached hydrogen (secondary N) is 2. The van der Waals surface area contributed by atoms with Crippen LogP contribution in [0.25, 0.3) is 11.2 Å². The van der Waals surface area contributed by atoms with E-state index in [-0.39, 0.29) is 27.7 Å². The summed E-state index contributed by atoms with van der Waals surface area (Å²) in [6.45, 7) is 2.28. The second-order valence-electron chi connectivity index (χ2n) is 7.00. The standard InChI is InChI=1S/C21H18ClFN6O2/c1-12-6-8-13(9-7-12)11-29-17-18(28(2)21(31)26-19(17)30)25-20(29)27-24-10-14-15(22)4-3-5-16(14)23/h3-10H,11H2,1-2H3,(H,25,27)(H,26,30,31). The van der Waals surface area contributed by atoms with E-state index >= 15 is 0 Å². The first-order valence-corrected chi connectivity index (χ1v) is 9.71. The fraction of sp³-hybridized carbons (Fsp3) is 0.143. The Morgan fingerprint density at radius 3 is 2.68 bits per heavy atom. The van der Waals surface area contributed by atoms with Crippen molar-refractivity contribution in [3.8, 4) is 0 Å². The van der Waals surface area contributed by atoms with E-state index in [4.69, 9.17) is 11.6 Å².